The molecule has 0 saturated carbocycles. The average Bonchev–Trinajstić information content (AvgIpc) is 2.27. The van der Waals surface area contributed by atoms with E-state index in [1.165, 1.54) is 16.3 Å². The third kappa shape index (κ3) is 2.34. The molecule has 0 aliphatic heterocycles. The lowest BCUT2D eigenvalue weighted by Gasteiger charge is -2.10. The van der Waals surface area contributed by atoms with E-state index in [2.05, 4.69) is 49.3 Å². The highest BCUT2D eigenvalue weighted by Gasteiger charge is 1.99. The Morgan fingerprint density at radius 2 is 1.69 bits per heavy atom. The molecule has 16 heavy (non-hydrogen) atoms. The average molecular weight is 215 g/mol. The fourth-order valence-electron chi connectivity index (χ4n) is 1.86. The fraction of sp³-hybridized carbons (Fsp3) is 0.286. The van der Waals surface area contributed by atoms with E-state index in [9.17, 15) is 0 Å². The van der Waals surface area contributed by atoms with Crippen molar-refractivity contribution < 1.29 is 4.74 Å². The van der Waals surface area contributed by atoms with E-state index in [1.807, 2.05) is 6.07 Å². The van der Waals surface area contributed by atoms with E-state index >= 15 is 0 Å². The van der Waals surface area contributed by atoms with Crippen molar-refractivity contribution in [1.82, 2.24) is 4.90 Å². The van der Waals surface area contributed by atoms with Gasteiger partial charge in [-0.1, -0.05) is 18.2 Å². The second kappa shape index (κ2) is 4.54. The minimum atomic E-state index is 0.910. The maximum absolute atomic E-state index is 5.21. The van der Waals surface area contributed by atoms with Gasteiger partial charge in [0.05, 0.1) is 7.11 Å². The molecule has 2 nitrogen and oxygen atoms in total. The Bertz CT molecular complexity index is 491. The van der Waals surface area contributed by atoms with Crippen LogP contribution in [0.5, 0.6) is 5.75 Å². The van der Waals surface area contributed by atoms with Crippen molar-refractivity contribution in [2.75, 3.05) is 21.2 Å². The normalized spacial score (nSPS) is 11.0. The SMILES string of the molecule is COc1ccc2cc(CN(C)C)ccc2c1. The molecular formula is C14H17NO. The Morgan fingerprint density at radius 3 is 2.38 bits per heavy atom. The van der Waals surface area contributed by atoms with Gasteiger partial charge in [0.25, 0.3) is 0 Å². The first-order valence-corrected chi connectivity index (χ1v) is 5.40. The maximum atomic E-state index is 5.21. The molecule has 0 unspecified atom stereocenters. The number of fused-ring (bicyclic) bond motifs is 1. The predicted octanol–water partition coefficient (Wildman–Crippen LogP) is 2.91. The van der Waals surface area contributed by atoms with Crippen molar-refractivity contribution in [2.24, 2.45) is 0 Å². The first-order chi connectivity index (χ1) is 7.69. The highest BCUT2D eigenvalue weighted by Crippen LogP contribution is 2.22. The summed E-state index contributed by atoms with van der Waals surface area (Å²) in [5, 5.41) is 2.49. The highest BCUT2D eigenvalue weighted by molar-refractivity contribution is 5.84. The van der Waals surface area contributed by atoms with Gasteiger partial charge in [-0.2, -0.15) is 0 Å². The molecule has 2 aromatic rings. The molecular weight excluding hydrogens is 198 g/mol. The third-order valence-electron chi connectivity index (χ3n) is 2.61. The van der Waals surface area contributed by atoms with Crippen LogP contribution in [0.3, 0.4) is 0 Å². The van der Waals surface area contributed by atoms with Gasteiger partial charge in [-0.3, -0.25) is 0 Å². The molecule has 0 aliphatic carbocycles. The Labute approximate surface area is 96.4 Å². The second-order valence-corrected chi connectivity index (χ2v) is 4.29. The number of hydrogen-bond acceptors (Lipinski definition) is 2. The molecule has 0 radical (unpaired) electrons. The van der Waals surface area contributed by atoms with E-state index < -0.39 is 0 Å². The molecule has 0 fully saturated rings. The topological polar surface area (TPSA) is 12.5 Å². The van der Waals surface area contributed by atoms with Crippen molar-refractivity contribution in [3.05, 3.63) is 42.0 Å². The standard InChI is InChI=1S/C14H17NO/c1-15(2)10-11-4-5-13-9-14(16-3)7-6-12(13)8-11/h4-9H,10H2,1-3H3. The van der Waals surface area contributed by atoms with Crippen LogP contribution in [0.1, 0.15) is 5.56 Å². The van der Waals surface area contributed by atoms with E-state index in [0.29, 0.717) is 0 Å². The second-order valence-electron chi connectivity index (χ2n) is 4.29. The van der Waals surface area contributed by atoms with Crippen LogP contribution < -0.4 is 4.74 Å². The summed E-state index contributed by atoms with van der Waals surface area (Å²) in [6, 6.07) is 12.7. The molecule has 0 heterocycles. The fourth-order valence-corrected chi connectivity index (χ4v) is 1.86. The van der Waals surface area contributed by atoms with Gasteiger partial charge in [0.15, 0.2) is 0 Å². The van der Waals surface area contributed by atoms with Gasteiger partial charge in [0, 0.05) is 6.54 Å². The lowest BCUT2D eigenvalue weighted by molar-refractivity contribution is 0.402. The van der Waals surface area contributed by atoms with E-state index in [0.717, 1.165) is 12.3 Å². The molecule has 2 heteroatoms. The number of ether oxygens (including phenoxy) is 1. The zero-order valence-corrected chi connectivity index (χ0v) is 10.0. The number of nitrogens with zero attached hydrogens (tertiary/aromatic N) is 1. The predicted molar refractivity (Wildman–Crippen MR) is 67.9 cm³/mol. The van der Waals surface area contributed by atoms with Crippen molar-refractivity contribution in [3.8, 4) is 5.75 Å². The summed E-state index contributed by atoms with van der Waals surface area (Å²) in [7, 11) is 5.86. The first kappa shape index (κ1) is 11.0. The van der Waals surface area contributed by atoms with Crippen LogP contribution in [0.2, 0.25) is 0 Å². The lowest BCUT2D eigenvalue weighted by Crippen LogP contribution is -2.10. The molecule has 0 spiro atoms. The summed E-state index contributed by atoms with van der Waals surface area (Å²) in [5.41, 5.74) is 1.34. The van der Waals surface area contributed by atoms with Crippen LogP contribution in [0.25, 0.3) is 10.8 Å². The Kier molecular flexibility index (Phi) is 3.11. The smallest absolute Gasteiger partial charge is 0.119 e. The third-order valence-corrected chi connectivity index (χ3v) is 2.61. The number of rotatable bonds is 3. The number of benzene rings is 2. The maximum Gasteiger partial charge on any atom is 0.119 e. The van der Waals surface area contributed by atoms with Crippen LogP contribution in [-0.2, 0) is 6.54 Å². The molecule has 2 rings (SSSR count). The van der Waals surface area contributed by atoms with E-state index in [4.69, 9.17) is 4.74 Å². The minimum absolute atomic E-state index is 0.910. The number of hydrogen-bond donors (Lipinski definition) is 0. The van der Waals surface area contributed by atoms with Gasteiger partial charge in [-0.05, 0) is 48.6 Å². The van der Waals surface area contributed by atoms with E-state index in [-0.39, 0.29) is 0 Å². The molecule has 0 aliphatic rings. The summed E-state index contributed by atoms with van der Waals surface area (Å²) < 4.78 is 5.21. The van der Waals surface area contributed by atoms with E-state index in [1.54, 1.807) is 7.11 Å². The molecule has 0 aromatic heterocycles. The van der Waals surface area contributed by atoms with Crippen molar-refractivity contribution in [3.63, 3.8) is 0 Å². The number of methoxy groups -OCH3 is 1. The molecule has 0 saturated heterocycles. The summed E-state index contributed by atoms with van der Waals surface area (Å²) in [6.45, 7) is 0.974. The molecule has 84 valence electrons. The minimum Gasteiger partial charge on any atom is -0.497 e. The summed E-state index contributed by atoms with van der Waals surface area (Å²) in [6.07, 6.45) is 0. The Hall–Kier alpha value is -1.54. The van der Waals surface area contributed by atoms with Gasteiger partial charge in [0.1, 0.15) is 5.75 Å². The van der Waals surface area contributed by atoms with Crippen molar-refractivity contribution in [2.45, 2.75) is 6.54 Å². The molecule has 2 aromatic carbocycles. The Balaban J connectivity index is 2.39. The zero-order valence-electron chi connectivity index (χ0n) is 10.0. The molecule has 0 bridgehead atoms. The summed E-state index contributed by atoms with van der Waals surface area (Å²) >= 11 is 0. The van der Waals surface area contributed by atoms with Crippen LogP contribution in [-0.4, -0.2) is 26.1 Å². The van der Waals surface area contributed by atoms with Crippen LogP contribution in [0.15, 0.2) is 36.4 Å². The molecule has 0 N–H and O–H groups in total. The van der Waals surface area contributed by atoms with Gasteiger partial charge in [-0.15, -0.1) is 0 Å². The van der Waals surface area contributed by atoms with Crippen LogP contribution >= 0.6 is 0 Å². The van der Waals surface area contributed by atoms with Gasteiger partial charge in [-0.25, -0.2) is 0 Å². The van der Waals surface area contributed by atoms with Crippen LogP contribution in [0, 0.1) is 0 Å². The van der Waals surface area contributed by atoms with Gasteiger partial charge in [0.2, 0.25) is 0 Å². The Morgan fingerprint density at radius 1 is 1.00 bits per heavy atom. The van der Waals surface area contributed by atoms with Gasteiger partial charge < -0.3 is 9.64 Å². The van der Waals surface area contributed by atoms with Crippen molar-refractivity contribution >= 4 is 10.8 Å². The van der Waals surface area contributed by atoms with Gasteiger partial charge >= 0.3 is 0 Å². The molecule has 0 atom stereocenters. The largest absolute Gasteiger partial charge is 0.497 e. The molecule has 0 amide bonds. The lowest BCUT2D eigenvalue weighted by atomic mass is 10.1. The highest BCUT2D eigenvalue weighted by atomic mass is 16.5. The monoisotopic (exact) mass is 215 g/mol. The summed E-state index contributed by atoms with van der Waals surface area (Å²) in [5.74, 6) is 0.910. The summed E-state index contributed by atoms with van der Waals surface area (Å²) in [4.78, 5) is 2.17. The quantitative estimate of drug-likeness (QED) is 0.780. The zero-order chi connectivity index (χ0) is 11.5. The van der Waals surface area contributed by atoms with Crippen molar-refractivity contribution in [1.29, 1.82) is 0 Å². The first-order valence-electron chi connectivity index (χ1n) is 5.40. The van der Waals surface area contributed by atoms with Crippen LogP contribution in [0.4, 0.5) is 0 Å².